The van der Waals surface area contributed by atoms with Crippen LogP contribution in [0.4, 0.5) is 0 Å². The van der Waals surface area contributed by atoms with E-state index < -0.39 is 0 Å². The largest absolute Gasteiger partial charge is 0.356 e. The standard InChI is InChI=1S/C19H35N5S.HI/c1-14-10-15(2)13-24(12-14)9-7-6-8-21-19(20-5)22-11-18-16(3)23-17(4)25-18;/h14-15H,6-13H2,1-5H3,(H2,20,21,22);1H. The lowest BCUT2D eigenvalue weighted by molar-refractivity contribution is 0.139. The first-order valence-electron chi connectivity index (χ1n) is 9.57. The van der Waals surface area contributed by atoms with Gasteiger partial charge in [0.2, 0.25) is 0 Å². The van der Waals surface area contributed by atoms with Gasteiger partial charge < -0.3 is 15.5 Å². The molecule has 0 saturated carbocycles. The molecule has 1 aromatic rings. The predicted octanol–water partition coefficient (Wildman–Crippen LogP) is 3.80. The first-order valence-corrected chi connectivity index (χ1v) is 10.4. The van der Waals surface area contributed by atoms with Gasteiger partial charge in [-0.3, -0.25) is 4.99 Å². The summed E-state index contributed by atoms with van der Waals surface area (Å²) in [5.74, 6) is 2.58. The molecule has 1 fully saturated rings. The van der Waals surface area contributed by atoms with Crippen molar-refractivity contribution in [2.24, 2.45) is 16.8 Å². The molecule has 0 amide bonds. The van der Waals surface area contributed by atoms with E-state index in [1.54, 1.807) is 11.3 Å². The van der Waals surface area contributed by atoms with Crippen LogP contribution in [0.1, 0.15) is 48.7 Å². The lowest BCUT2D eigenvalue weighted by Crippen LogP contribution is -2.40. The van der Waals surface area contributed by atoms with Crippen LogP contribution in [0.3, 0.4) is 0 Å². The molecule has 0 spiro atoms. The zero-order chi connectivity index (χ0) is 18.2. The van der Waals surface area contributed by atoms with E-state index in [0.717, 1.165) is 41.6 Å². The molecule has 0 radical (unpaired) electrons. The predicted molar refractivity (Wildman–Crippen MR) is 124 cm³/mol. The summed E-state index contributed by atoms with van der Waals surface area (Å²) in [6, 6.07) is 0. The van der Waals surface area contributed by atoms with Gasteiger partial charge in [-0.2, -0.15) is 0 Å². The number of nitrogens with zero attached hydrogens (tertiary/aromatic N) is 3. The van der Waals surface area contributed by atoms with Gasteiger partial charge in [-0.05, 0) is 51.5 Å². The Morgan fingerprint density at radius 2 is 1.88 bits per heavy atom. The van der Waals surface area contributed by atoms with Crippen LogP contribution in [0.25, 0.3) is 0 Å². The molecule has 150 valence electrons. The number of hydrogen-bond acceptors (Lipinski definition) is 4. The molecule has 7 heteroatoms. The Bertz CT molecular complexity index is 550. The summed E-state index contributed by atoms with van der Waals surface area (Å²) in [6.07, 6.45) is 3.81. The number of aromatic nitrogens is 1. The average molecular weight is 494 g/mol. The molecule has 0 bridgehead atoms. The highest BCUT2D eigenvalue weighted by atomic mass is 127. The van der Waals surface area contributed by atoms with E-state index >= 15 is 0 Å². The molecule has 2 rings (SSSR count). The van der Waals surface area contributed by atoms with E-state index in [1.165, 1.54) is 43.8 Å². The summed E-state index contributed by atoms with van der Waals surface area (Å²) in [5.41, 5.74) is 1.12. The van der Waals surface area contributed by atoms with Crippen molar-refractivity contribution in [1.82, 2.24) is 20.5 Å². The van der Waals surface area contributed by atoms with Crippen LogP contribution in [0.5, 0.6) is 0 Å². The third-order valence-corrected chi connectivity index (χ3v) is 5.85. The molecule has 26 heavy (non-hydrogen) atoms. The van der Waals surface area contributed by atoms with E-state index in [-0.39, 0.29) is 24.0 Å². The van der Waals surface area contributed by atoms with Gasteiger partial charge in [-0.15, -0.1) is 35.3 Å². The van der Waals surface area contributed by atoms with Crippen molar-refractivity contribution in [3.63, 3.8) is 0 Å². The maximum absolute atomic E-state index is 4.47. The van der Waals surface area contributed by atoms with E-state index in [1.807, 2.05) is 7.05 Å². The second-order valence-electron chi connectivity index (χ2n) is 7.51. The fourth-order valence-electron chi connectivity index (χ4n) is 3.76. The third-order valence-electron chi connectivity index (χ3n) is 4.78. The zero-order valence-electron chi connectivity index (χ0n) is 17.0. The molecule has 5 nitrogen and oxygen atoms in total. The monoisotopic (exact) mass is 493 g/mol. The van der Waals surface area contributed by atoms with Crippen molar-refractivity contribution in [1.29, 1.82) is 0 Å². The lowest BCUT2D eigenvalue weighted by Gasteiger charge is -2.34. The maximum Gasteiger partial charge on any atom is 0.191 e. The van der Waals surface area contributed by atoms with Crippen molar-refractivity contribution >= 4 is 41.3 Å². The number of halogens is 1. The minimum atomic E-state index is 0. The molecule has 0 aromatic carbocycles. The highest BCUT2D eigenvalue weighted by molar-refractivity contribution is 14.0. The maximum atomic E-state index is 4.47. The molecule has 1 aliphatic heterocycles. The SMILES string of the molecule is CN=C(NCCCCN1CC(C)CC(C)C1)NCc1sc(C)nc1C.I. The molecular weight excluding hydrogens is 457 g/mol. The summed E-state index contributed by atoms with van der Waals surface area (Å²) in [5, 5.41) is 7.94. The van der Waals surface area contributed by atoms with Gasteiger partial charge >= 0.3 is 0 Å². The second kappa shape index (κ2) is 12.1. The van der Waals surface area contributed by atoms with Crippen molar-refractivity contribution in [3.05, 3.63) is 15.6 Å². The highest BCUT2D eigenvalue weighted by Gasteiger charge is 2.20. The summed E-state index contributed by atoms with van der Waals surface area (Å²) < 4.78 is 0. The van der Waals surface area contributed by atoms with Gasteiger partial charge in [0, 0.05) is 31.6 Å². The number of thiazole rings is 1. The van der Waals surface area contributed by atoms with Crippen LogP contribution < -0.4 is 10.6 Å². The fourth-order valence-corrected chi connectivity index (χ4v) is 4.64. The molecule has 1 aliphatic rings. The number of guanidine groups is 1. The van der Waals surface area contributed by atoms with Crippen LogP contribution in [0, 0.1) is 25.7 Å². The number of likely N-dealkylation sites (tertiary alicyclic amines) is 1. The Hall–Kier alpha value is -0.410. The number of piperidine rings is 1. The van der Waals surface area contributed by atoms with E-state index in [4.69, 9.17) is 0 Å². The van der Waals surface area contributed by atoms with E-state index in [9.17, 15) is 0 Å². The molecule has 1 aromatic heterocycles. The van der Waals surface area contributed by atoms with Crippen LogP contribution in [-0.2, 0) is 6.54 Å². The quantitative estimate of drug-likeness (QED) is 0.263. The van der Waals surface area contributed by atoms with Crippen LogP contribution in [0.15, 0.2) is 4.99 Å². The third kappa shape index (κ3) is 8.08. The number of aryl methyl sites for hydroxylation is 2. The van der Waals surface area contributed by atoms with Gasteiger partial charge in [-0.25, -0.2) is 4.98 Å². The van der Waals surface area contributed by atoms with Gasteiger partial charge in [-0.1, -0.05) is 13.8 Å². The number of aliphatic imine (C=N–C) groups is 1. The van der Waals surface area contributed by atoms with E-state index in [2.05, 4.69) is 53.2 Å². The Morgan fingerprint density at radius 1 is 1.19 bits per heavy atom. The number of unbranched alkanes of at least 4 members (excludes halogenated alkanes) is 1. The first-order chi connectivity index (χ1) is 12.0. The van der Waals surface area contributed by atoms with Crippen LogP contribution in [-0.4, -0.2) is 49.1 Å². The first kappa shape index (κ1) is 23.6. The smallest absolute Gasteiger partial charge is 0.191 e. The van der Waals surface area contributed by atoms with Crippen molar-refractivity contribution in [2.45, 2.75) is 53.5 Å². The average Bonchev–Trinajstić information content (AvgIpc) is 2.86. The number of hydrogen-bond donors (Lipinski definition) is 2. The van der Waals surface area contributed by atoms with Gasteiger partial charge in [0.05, 0.1) is 17.2 Å². The second-order valence-corrected chi connectivity index (χ2v) is 8.79. The van der Waals surface area contributed by atoms with Crippen LogP contribution >= 0.6 is 35.3 Å². The Labute approximate surface area is 180 Å². The highest BCUT2D eigenvalue weighted by Crippen LogP contribution is 2.21. The van der Waals surface area contributed by atoms with Crippen molar-refractivity contribution in [2.75, 3.05) is 33.2 Å². The van der Waals surface area contributed by atoms with Crippen molar-refractivity contribution < 1.29 is 0 Å². The Kier molecular flexibility index (Phi) is 11.0. The summed E-state index contributed by atoms with van der Waals surface area (Å²) in [4.78, 5) is 12.7. The van der Waals surface area contributed by atoms with Gasteiger partial charge in [0.15, 0.2) is 5.96 Å². The normalized spacial score (nSPS) is 21.3. The van der Waals surface area contributed by atoms with Crippen molar-refractivity contribution in [3.8, 4) is 0 Å². The van der Waals surface area contributed by atoms with E-state index in [0.29, 0.717) is 0 Å². The topological polar surface area (TPSA) is 52.6 Å². The molecule has 2 unspecified atom stereocenters. The summed E-state index contributed by atoms with van der Waals surface area (Å²) in [6.45, 7) is 14.4. The van der Waals surface area contributed by atoms with Crippen LogP contribution in [0.2, 0.25) is 0 Å². The van der Waals surface area contributed by atoms with Gasteiger partial charge in [0.1, 0.15) is 0 Å². The molecule has 2 atom stereocenters. The number of nitrogens with one attached hydrogen (secondary N) is 2. The molecule has 0 aliphatic carbocycles. The lowest BCUT2D eigenvalue weighted by atomic mass is 9.92. The molecule has 2 N–H and O–H groups in total. The summed E-state index contributed by atoms with van der Waals surface area (Å²) >= 11 is 1.75. The minimum absolute atomic E-state index is 0. The molecule has 1 saturated heterocycles. The molecular formula is C19H36IN5S. The zero-order valence-corrected chi connectivity index (χ0v) is 20.1. The Balaban J connectivity index is 0.00000338. The fraction of sp³-hybridized carbons (Fsp3) is 0.789. The summed E-state index contributed by atoms with van der Waals surface area (Å²) in [7, 11) is 1.83. The van der Waals surface area contributed by atoms with Gasteiger partial charge in [0.25, 0.3) is 0 Å². The minimum Gasteiger partial charge on any atom is -0.356 e. The molecule has 2 heterocycles. The Morgan fingerprint density at radius 3 is 2.46 bits per heavy atom. The number of rotatable bonds is 7.